The highest BCUT2D eigenvalue weighted by atomic mass is 127. The summed E-state index contributed by atoms with van der Waals surface area (Å²) in [4.78, 5) is 0. The minimum absolute atomic E-state index is 0.0426. The van der Waals surface area contributed by atoms with E-state index in [9.17, 15) is 0 Å². The molecule has 0 fully saturated rings. The molecule has 1 aliphatic rings. The van der Waals surface area contributed by atoms with Crippen LogP contribution in [0.1, 0.15) is 25.0 Å². The summed E-state index contributed by atoms with van der Waals surface area (Å²) in [5.74, 6) is 0. The third-order valence-corrected chi connectivity index (χ3v) is 6.41. The van der Waals surface area contributed by atoms with E-state index in [4.69, 9.17) is 0 Å². The summed E-state index contributed by atoms with van der Waals surface area (Å²) in [5.41, 5.74) is 8.28. The smallest absolute Gasteiger partial charge is 0.0159 e. The first kappa shape index (κ1) is 16.1. The van der Waals surface area contributed by atoms with E-state index in [-0.39, 0.29) is 5.41 Å². The van der Waals surface area contributed by atoms with Gasteiger partial charge in [0.15, 0.2) is 0 Å². The first-order chi connectivity index (χ1) is 12.6. The SMILES string of the molecule is CC1(C)c2ccccc2-c2ccc(-c3cccc4ccc(I)cc34)cc21. The Kier molecular flexibility index (Phi) is 3.51. The Morgan fingerprint density at radius 2 is 1.42 bits per heavy atom. The summed E-state index contributed by atoms with van der Waals surface area (Å²) in [5, 5.41) is 2.62. The van der Waals surface area contributed by atoms with Crippen molar-refractivity contribution in [1.29, 1.82) is 0 Å². The van der Waals surface area contributed by atoms with E-state index >= 15 is 0 Å². The molecule has 0 heterocycles. The second-order valence-corrected chi connectivity index (χ2v) is 8.85. The first-order valence-corrected chi connectivity index (χ1v) is 10.1. The maximum atomic E-state index is 2.41. The summed E-state index contributed by atoms with van der Waals surface area (Å²) >= 11 is 2.40. The van der Waals surface area contributed by atoms with Gasteiger partial charge in [-0.05, 0) is 84.9 Å². The van der Waals surface area contributed by atoms with Crippen molar-refractivity contribution in [1.82, 2.24) is 0 Å². The molecule has 0 saturated heterocycles. The molecular weight excluding hydrogens is 427 g/mol. The van der Waals surface area contributed by atoms with Crippen LogP contribution >= 0.6 is 22.6 Å². The predicted octanol–water partition coefficient (Wildman–Crippen LogP) is 7.42. The first-order valence-electron chi connectivity index (χ1n) is 8.99. The van der Waals surface area contributed by atoms with Crippen molar-refractivity contribution >= 4 is 33.4 Å². The summed E-state index contributed by atoms with van der Waals surface area (Å²) < 4.78 is 1.27. The molecule has 1 heteroatoms. The Hall–Kier alpha value is -2.13. The maximum absolute atomic E-state index is 2.41. The van der Waals surface area contributed by atoms with Crippen LogP contribution in [0.4, 0.5) is 0 Å². The van der Waals surface area contributed by atoms with Crippen molar-refractivity contribution in [3.8, 4) is 22.3 Å². The molecule has 0 aliphatic heterocycles. The lowest BCUT2D eigenvalue weighted by Gasteiger charge is -2.22. The molecule has 126 valence electrons. The average molecular weight is 446 g/mol. The fourth-order valence-electron chi connectivity index (χ4n) is 4.37. The highest BCUT2D eigenvalue weighted by Gasteiger charge is 2.35. The van der Waals surface area contributed by atoms with Crippen molar-refractivity contribution in [2.75, 3.05) is 0 Å². The van der Waals surface area contributed by atoms with Crippen molar-refractivity contribution in [2.24, 2.45) is 0 Å². The zero-order valence-corrected chi connectivity index (χ0v) is 17.0. The minimum Gasteiger partial charge on any atom is -0.0619 e. The number of hydrogen-bond donors (Lipinski definition) is 0. The molecule has 26 heavy (non-hydrogen) atoms. The molecule has 0 saturated carbocycles. The molecule has 4 aromatic carbocycles. The number of rotatable bonds is 1. The van der Waals surface area contributed by atoms with Gasteiger partial charge in [0.25, 0.3) is 0 Å². The Morgan fingerprint density at radius 3 is 2.31 bits per heavy atom. The van der Waals surface area contributed by atoms with Gasteiger partial charge in [-0.2, -0.15) is 0 Å². The molecule has 0 aromatic heterocycles. The topological polar surface area (TPSA) is 0 Å². The molecule has 0 bridgehead atoms. The van der Waals surface area contributed by atoms with Crippen LogP contribution in [-0.4, -0.2) is 0 Å². The molecule has 0 unspecified atom stereocenters. The third kappa shape index (κ3) is 2.26. The molecule has 0 atom stereocenters. The summed E-state index contributed by atoms with van der Waals surface area (Å²) in [7, 11) is 0. The zero-order valence-electron chi connectivity index (χ0n) is 14.9. The van der Waals surface area contributed by atoms with Crippen molar-refractivity contribution in [2.45, 2.75) is 19.3 Å². The molecule has 0 nitrogen and oxygen atoms in total. The Labute approximate surface area is 168 Å². The van der Waals surface area contributed by atoms with Crippen molar-refractivity contribution < 1.29 is 0 Å². The summed E-state index contributed by atoms with van der Waals surface area (Å²) in [6, 6.07) is 29.1. The van der Waals surface area contributed by atoms with Crippen LogP contribution in [0.5, 0.6) is 0 Å². The normalized spacial score (nSPS) is 14.3. The second kappa shape index (κ2) is 5.68. The van der Waals surface area contributed by atoms with Gasteiger partial charge < -0.3 is 0 Å². The van der Waals surface area contributed by atoms with Crippen LogP contribution in [0.2, 0.25) is 0 Å². The minimum atomic E-state index is 0.0426. The van der Waals surface area contributed by atoms with E-state index in [1.807, 2.05) is 0 Å². The summed E-state index contributed by atoms with van der Waals surface area (Å²) in [6.07, 6.45) is 0. The summed E-state index contributed by atoms with van der Waals surface area (Å²) in [6.45, 7) is 4.68. The molecule has 4 aromatic rings. The third-order valence-electron chi connectivity index (χ3n) is 5.74. The standard InChI is InChI=1S/C25H19I/c1-25(2)23-9-4-3-7-20(23)21-13-11-17(14-24(21)25)19-8-5-6-16-10-12-18(26)15-22(16)19/h3-15H,1-2H3. The van der Waals surface area contributed by atoms with Gasteiger partial charge in [0.05, 0.1) is 0 Å². The van der Waals surface area contributed by atoms with Gasteiger partial charge in [0.1, 0.15) is 0 Å². The lowest BCUT2D eigenvalue weighted by atomic mass is 9.81. The fraction of sp³-hybridized carbons (Fsp3) is 0.120. The number of hydrogen-bond acceptors (Lipinski definition) is 0. The quantitative estimate of drug-likeness (QED) is 0.267. The predicted molar refractivity (Wildman–Crippen MR) is 120 cm³/mol. The molecule has 0 spiro atoms. The second-order valence-electron chi connectivity index (χ2n) is 7.60. The number of fused-ring (bicyclic) bond motifs is 4. The van der Waals surface area contributed by atoms with Gasteiger partial charge in [0, 0.05) is 8.99 Å². The van der Waals surface area contributed by atoms with Gasteiger partial charge in [-0.1, -0.05) is 74.5 Å². The van der Waals surface area contributed by atoms with Gasteiger partial charge in [-0.15, -0.1) is 0 Å². The van der Waals surface area contributed by atoms with Gasteiger partial charge >= 0.3 is 0 Å². The van der Waals surface area contributed by atoms with Crippen LogP contribution in [0, 0.1) is 3.57 Å². The largest absolute Gasteiger partial charge is 0.0619 e. The van der Waals surface area contributed by atoms with E-state index in [1.54, 1.807) is 0 Å². The molecule has 0 N–H and O–H groups in total. The lowest BCUT2D eigenvalue weighted by molar-refractivity contribution is 0.660. The van der Waals surface area contributed by atoms with E-state index < -0.39 is 0 Å². The fourth-order valence-corrected chi connectivity index (χ4v) is 4.86. The van der Waals surface area contributed by atoms with Gasteiger partial charge in [-0.3, -0.25) is 0 Å². The molecule has 5 rings (SSSR count). The van der Waals surface area contributed by atoms with Gasteiger partial charge in [0.2, 0.25) is 0 Å². The monoisotopic (exact) mass is 446 g/mol. The Balaban J connectivity index is 1.76. The van der Waals surface area contributed by atoms with Gasteiger partial charge in [-0.25, -0.2) is 0 Å². The molecule has 0 radical (unpaired) electrons. The van der Waals surface area contributed by atoms with Crippen LogP contribution in [0.15, 0.2) is 78.9 Å². The van der Waals surface area contributed by atoms with E-state index in [1.165, 1.54) is 47.7 Å². The number of halogens is 1. The van der Waals surface area contributed by atoms with E-state index in [2.05, 4.69) is 115 Å². The number of benzene rings is 4. The molecule has 0 amide bonds. The van der Waals surface area contributed by atoms with Crippen LogP contribution in [0.25, 0.3) is 33.0 Å². The zero-order chi connectivity index (χ0) is 17.9. The Morgan fingerprint density at radius 1 is 0.654 bits per heavy atom. The highest BCUT2D eigenvalue weighted by Crippen LogP contribution is 2.49. The lowest BCUT2D eigenvalue weighted by Crippen LogP contribution is -2.14. The Bertz CT molecular complexity index is 1170. The van der Waals surface area contributed by atoms with Crippen molar-refractivity contribution in [3.63, 3.8) is 0 Å². The van der Waals surface area contributed by atoms with Crippen LogP contribution < -0.4 is 0 Å². The van der Waals surface area contributed by atoms with Crippen LogP contribution in [-0.2, 0) is 5.41 Å². The van der Waals surface area contributed by atoms with E-state index in [0.717, 1.165) is 0 Å². The average Bonchev–Trinajstić information content (AvgIpc) is 2.89. The molecule has 1 aliphatic carbocycles. The van der Waals surface area contributed by atoms with E-state index in [0.29, 0.717) is 0 Å². The van der Waals surface area contributed by atoms with Crippen LogP contribution in [0.3, 0.4) is 0 Å². The molecular formula is C25H19I. The maximum Gasteiger partial charge on any atom is 0.0159 e. The van der Waals surface area contributed by atoms with Crippen molar-refractivity contribution in [3.05, 3.63) is 93.6 Å². The highest BCUT2D eigenvalue weighted by molar-refractivity contribution is 14.1.